The van der Waals surface area contributed by atoms with Crippen LogP contribution in [0.3, 0.4) is 0 Å². The van der Waals surface area contributed by atoms with Gasteiger partial charge in [0.2, 0.25) is 0 Å². The van der Waals surface area contributed by atoms with E-state index in [4.69, 9.17) is 5.11 Å². The van der Waals surface area contributed by atoms with Gasteiger partial charge in [-0.1, -0.05) is 13.8 Å². The van der Waals surface area contributed by atoms with Crippen LogP contribution in [0.4, 0.5) is 4.79 Å². The lowest BCUT2D eigenvalue weighted by Gasteiger charge is -2.25. The van der Waals surface area contributed by atoms with E-state index in [9.17, 15) is 4.79 Å². The molecule has 0 radical (unpaired) electrons. The molecule has 0 aromatic rings. The van der Waals surface area contributed by atoms with E-state index in [-0.39, 0.29) is 18.1 Å². The summed E-state index contributed by atoms with van der Waals surface area (Å²) in [6, 6.07) is 0.0475. The van der Waals surface area contributed by atoms with Gasteiger partial charge in [-0.3, -0.25) is 0 Å². The van der Waals surface area contributed by atoms with Crippen LogP contribution in [0.2, 0.25) is 0 Å². The van der Waals surface area contributed by atoms with Crippen LogP contribution >= 0.6 is 0 Å². The summed E-state index contributed by atoms with van der Waals surface area (Å²) in [5.41, 5.74) is 0.204. The van der Waals surface area contributed by atoms with Crippen LogP contribution in [0.25, 0.3) is 0 Å². The van der Waals surface area contributed by atoms with Gasteiger partial charge >= 0.3 is 6.03 Å². The topological polar surface area (TPSA) is 64.6 Å². The van der Waals surface area contributed by atoms with Gasteiger partial charge in [0, 0.05) is 39.3 Å². The molecule has 1 fully saturated rings. The van der Waals surface area contributed by atoms with Crippen LogP contribution in [0.1, 0.15) is 26.7 Å². The quantitative estimate of drug-likeness (QED) is 0.541. The Morgan fingerprint density at radius 3 is 2.88 bits per heavy atom. The van der Waals surface area contributed by atoms with Gasteiger partial charge in [0.15, 0.2) is 0 Å². The molecule has 1 rings (SSSR count). The third-order valence-corrected chi connectivity index (χ3v) is 3.12. The van der Waals surface area contributed by atoms with Crippen molar-refractivity contribution in [3.8, 4) is 0 Å². The average molecular weight is 243 g/mol. The zero-order valence-electron chi connectivity index (χ0n) is 11.0. The first-order valence-corrected chi connectivity index (χ1v) is 6.39. The highest BCUT2D eigenvalue weighted by molar-refractivity contribution is 5.76. The van der Waals surface area contributed by atoms with Crippen molar-refractivity contribution in [2.24, 2.45) is 5.41 Å². The van der Waals surface area contributed by atoms with Gasteiger partial charge in [-0.15, -0.1) is 0 Å². The molecule has 100 valence electrons. The Kier molecular flexibility index (Phi) is 5.71. The van der Waals surface area contributed by atoms with Gasteiger partial charge in [-0.25, -0.2) is 4.79 Å². The lowest BCUT2D eigenvalue weighted by molar-refractivity contribution is 0.214. The monoisotopic (exact) mass is 243 g/mol. The summed E-state index contributed by atoms with van der Waals surface area (Å²) >= 11 is 0. The lowest BCUT2D eigenvalue weighted by Crippen LogP contribution is -2.37. The number of hydrogen-bond acceptors (Lipinski definition) is 3. The molecule has 1 saturated heterocycles. The van der Waals surface area contributed by atoms with Crippen molar-refractivity contribution in [2.75, 3.05) is 39.3 Å². The maximum absolute atomic E-state index is 11.3. The molecule has 0 atom stereocenters. The number of nitrogens with zero attached hydrogens (tertiary/aromatic N) is 1. The van der Waals surface area contributed by atoms with Gasteiger partial charge in [-0.2, -0.15) is 0 Å². The second-order valence-electron chi connectivity index (χ2n) is 5.39. The Labute approximate surface area is 104 Å². The summed E-state index contributed by atoms with van der Waals surface area (Å²) in [7, 11) is 0. The molecule has 5 heteroatoms. The number of rotatable bonds is 8. The minimum Gasteiger partial charge on any atom is -0.396 e. The summed E-state index contributed by atoms with van der Waals surface area (Å²) in [5.74, 6) is 0. The van der Waals surface area contributed by atoms with Crippen LogP contribution in [0.5, 0.6) is 0 Å². The third-order valence-electron chi connectivity index (χ3n) is 3.12. The number of amides is 2. The molecule has 5 nitrogen and oxygen atoms in total. The van der Waals surface area contributed by atoms with Crippen molar-refractivity contribution < 1.29 is 9.90 Å². The van der Waals surface area contributed by atoms with E-state index in [0.29, 0.717) is 0 Å². The number of nitrogens with one attached hydrogen (secondary N) is 2. The highest BCUT2D eigenvalue weighted by Gasteiger charge is 2.19. The fraction of sp³-hybridized carbons (Fsp3) is 0.917. The van der Waals surface area contributed by atoms with Crippen molar-refractivity contribution in [2.45, 2.75) is 26.7 Å². The predicted molar refractivity (Wildman–Crippen MR) is 67.9 cm³/mol. The molecule has 1 heterocycles. The molecule has 0 aromatic carbocycles. The Morgan fingerprint density at radius 2 is 2.29 bits per heavy atom. The zero-order chi connectivity index (χ0) is 12.7. The fourth-order valence-corrected chi connectivity index (χ4v) is 2.01. The van der Waals surface area contributed by atoms with E-state index in [1.54, 1.807) is 0 Å². The lowest BCUT2D eigenvalue weighted by atomic mass is 9.88. The normalized spacial score (nSPS) is 16.4. The maximum Gasteiger partial charge on any atom is 0.317 e. The van der Waals surface area contributed by atoms with Crippen LogP contribution in [0.15, 0.2) is 0 Å². The molecule has 2 amide bonds. The van der Waals surface area contributed by atoms with Crippen LogP contribution < -0.4 is 10.6 Å². The molecule has 1 aliphatic heterocycles. The summed E-state index contributed by atoms with van der Waals surface area (Å²) in [4.78, 5) is 13.1. The predicted octanol–water partition coefficient (Wildman–Crippen LogP) is 0.400. The SMILES string of the molecule is CC(C)(CCCO)CNCCN1CCNC1=O. The highest BCUT2D eigenvalue weighted by atomic mass is 16.3. The van der Waals surface area contributed by atoms with E-state index in [1.807, 2.05) is 4.90 Å². The molecule has 0 aliphatic carbocycles. The molecule has 0 bridgehead atoms. The molecule has 17 heavy (non-hydrogen) atoms. The number of hydrogen-bond donors (Lipinski definition) is 3. The number of aliphatic hydroxyl groups excluding tert-OH is 1. The Balaban J connectivity index is 2.08. The molecular weight excluding hydrogens is 218 g/mol. The smallest absolute Gasteiger partial charge is 0.317 e. The highest BCUT2D eigenvalue weighted by Crippen LogP contribution is 2.20. The first-order chi connectivity index (χ1) is 8.05. The molecule has 0 saturated carbocycles. The van der Waals surface area contributed by atoms with E-state index < -0.39 is 0 Å². The van der Waals surface area contributed by atoms with Crippen LogP contribution in [-0.2, 0) is 0 Å². The van der Waals surface area contributed by atoms with Crippen molar-refractivity contribution in [1.82, 2.24) is 15.5 Å². The molecule has 3 N–H and O–H groups in total. The van der Waals surface area contributed by atoms with Crippen LogP contribution in [-0.4, -0.2) is 55.4 Å². The standard InChI is InChI=1S/C12H25N3O2/c1-12(2,4-3-9-16)10-13-5-7-15-8-6-14-11(15)17/h13,16H,3-10H2,1-2H3,(H,14,17). The number of urea groups is 1. The number of carbonyl (C=O) groups excluding carboxylic acids is 1. The minimum absolute atomic E-state index is 0.0475. The van der Waals surface area contributed by atoms with E-state index in [0.717, 1.165) is 45.6 Å². The Bertz CT molecular complexity index is 244. The van der Waals surface area contributed by atoms with Crippen LogP contribution in [0, 0.1) is 5.41 Å². The van der Waals surface area contributed by atoms with Gasteiger partial charge in [0.05, 0.1) is 0 Å². The number of aliphatic hydroxyl groups is 1. The Hall–Kier alpha value is -0.810. The van der Waals surface area contributed by atoms with Crippen molar-refractivity contribution in [1.29, 1.82) is 0 Å². The minimum atomic E-state index is 0.0475. The van der Waals surface area contributed by atoms with Gasteiger partial charge < -0.3 is 20.6 Å². The summed E-state index contributed by atoms with van der Waals surface area (Å²) in [6.45, 7) is 8.74. The van der Waals surface area contributed by atoms with Crippen molar-refractivity contribution >= 4 is 6.03 Å². The Morgan fingerprint density at radius 1 is 1.53 bits per heavy atom. The first kappa shape index (κ1) is 14.3. The van der Waals surface area contributed by atoms with Gasteiger partial charge in [0.1, 0.15) is 0 Å². The van der Waals surface area contributed by atoms with E-state index in [2.05, 4.69) is 24.5 Å². The first-order valence-electron chi connectivity index (χ1n) is 6.39. The number of carbonyl (C=O) groups is 1. The zero-order valence-corrected chi connectivity index (χ0v) is 11.0. The molecule has 0 spiro atoms. The van der Waals surface area contributed by atoms with E-state index in [1.165, 1.54) is 0 Å². The second kappa shape index (κ2) is 6.81. The molecule has 1 aliphatic rings. The summed E-state index contributed by atoms with van der Waals surface area (Å²) in [5, 5.41) is 15.0. The fourth-order valence-electron chi connectivity index (χ4n) is 2.01. The maximum atomic E-state index is 11.3. The van der Waals surface area contributed by atoms with Crippen molar-refractivity contribution in [3.05, 3.63) is 0 Å². The van der Waals surface area contributed by atoms with Crippen molar-refractivity contribution in [3.63, 3.8) is 0 Å². The van der Waals surface area contributed by atoms with E-state index >= 15 is 0 Å². The third kappa shape index (κ3) is 5.37. The largest absolute Gasteiger partial charge is 0.396 e. The summed E-state index contributed by atoms with van der Waals surface area (Å²) in [6.07, 6.45) is 1.86. The van der Waals surface area contributed by atoms with Gasteiger partial charge in [-0.05, 0) is 18.3 Å². The average Bonchev–Trinajstić information content (AvgIpc) is 2.68. The van der Waals surface area contributed by atoms with Gasteiger partial charge in [0.25, 0.3) is 0 Å². The second-order valence-corrected chi connectivity index (χ2v) is 5.39. The molecule has 0 unspecified atom stereocenters. The molecular formula is C12H25N3O2. The molecule has 0 aromatic heterocycles. The summed E-state index contributed by atoms with van der Waals surface area (Å²) < 4.78 is 0.